The molecule has 0 saturated carbocycles. The molecule has 0 bridgehead atoms. The molecule has 2 aromatic rings. The molecule has 16 heavy (non-hydrogen) atoms. The molecular weight excluding hydrogens is 202 g/mol. The van der Waals surface area contributed by atoms with Gasteiger partial charge in [-0.25, -0.2) is 9.97 Å². The predicted molar refractivity (Wildman–Crippen MR) is 59.6 cm³/mol. The maximum atomic E-state index is 11.7. The van der Waals surface area contributed by atoms with E-state index in [1.54, 1.807) is 30.6 Å². The monoisotopic (exact) mass is 213 g/mol. The van der Waals surface area contributed by atoms with Gasteiger partial charge in [-0.15, -0.1) is 0 Å². The molecule has 4 heteroatoms. The molecule has 1 aromatic heterocycles. The Morgan fingerprint density at radius 1 is 1.06 bits per heavy atom. The molecule has 80 valence electrons. The summed E-state index contributed by atoms with van der Waals surface area (Å²) in [5, 5.41) is 2.75. The summed E-state index contributed by atoms with van der Waals surface area (Å²) < 4.78 is 0. The fraction of sp³-hybridized carbons (Fsp3) is 0.0833. The molecule has 0 aliphatic carbocycles. The van der Waals surface area contributed by atoms with Crippen molar-refractivity contribution >= 4 is 5.91 Å². The number of hydrogen-bond acceptors (Lipinski definition) is 3. The molecule has 0 radical (unpaired) electrons. The Hall–Kier alpha value is -2.23. The Bertz CT molecular complexity index is 456. The van der Waals surface area contributed by atoms with Crippen LogP contribution in [0.4, 0.5) is 0 Å². The number of carbonyl (C=O) groups is 1. The maximum absolute atomic E-state index is 11.7. The van der Waals surface area contributed by atoms with Crippen LogP contribution in [0.2, 0.25) is 0 Å². The number of rotatable bonds is 3. The quantitative estimate of drug-likeness (QED) is 0.838. The first kappa shape index (κ1) is 10.3. The van der Waals surface area contributed by atoms with E-state index in [0.29, 0.717) is 17.9 Å². The highest BCUT2D eigenvalue weighted by Crippen LogP contribution is 1.98. The average Bonchev–Trinajstić information content (AvgIpc) is 2.38. The summed E-state index contributed by atoms with van der Waals surface area (Å²) in [4.78, 5) is 19.7. The van der Waals surface area contributed by atoms with Crippen LogP contribution in [0.25, 0.3) is 0 Å². The van der Waals surface area contributed by atoms with Crippen molar-refractivity contribution in [3.05, 3.63) is 60.2 Å². The minimum absolute atomic E-state index is 0.118. The Balaban J connectivity index is 1.95. The standard InChI is InChI=1S/C12H11N3O/c16-12(10-5-2-1-3-6-10)15-9-11-13-7-4-8-14-11/h1-8H,9H2,(H,15,16). The van der Waals surface area contributed by atoms with Gasteiger partial charge in [-0.1, -0.05) is 18.2 Å². The first-order valence-corrected chi connectivity index (χ1v) is 4.95. The number of nitrogens with zero attached hydrogens (tertiary/aromatic N) is 2. The summed E-state index contributed by atoms with van der Waals surface area (Å²) in [6.45, 7) is 0.342. The van der Waals surface area contributed by atoms with Gasteiger partial charge >= 0.3 is 0 Å². The van der Waals surface area contributed by atoms with E-state index in [2.05, 4.69) is 15.3 Å². The minimum Gasteiger partial charge on any atom is -0.345 e. The van der Waals surface area contributed by atoms with Gasteiger partial charge in [-0.05, 0) is 18.2 Å². The number of amides is 1. The molecule has 4 nitrogen and oxygen atoms in total. The van der Waals surface area contributed by atoms with Crippen molar-refractivity contribution in [1.82, 2.24) is 15.3 Å². The van der Waals surface area contributed by atoms with E-state index < -0.39 is 0 Å². The number of benzene rings is 1. The van der Waals surface area contributed by atoms with E-state index in [9.17, 15) is 4.79 Å². The van der Waals surface area contributed by atoms with Crippen molar-refractivity contribution in [2.75, 3.05) is 0 Å². The zero-order valence-electron chi connectivity index (χ0n) is 8.63. The van der Waals surface area contributed by atoms with E-state index in [4.69, 9.17) is 0 Å². The number of hydrogen-bond donors (Lipinski definition) is 1. The molecule has 0 atom stereocenters. The normalized spacial score (nSPS) is 9.75. The van der Waals surface area contributed by atoms with Crippen LogP contribution in [0.3, 0.4) is 0 Å². The largest absolute Gasteiger partial charge is 0.345 e. The van der Waals surface area contributed by atoms with Crippen molar-refractivity contribution in [3.8, 4) is 0 Å². The smallest absolute Gasteiger partial charge is 0.251 e. The third kappa shape index (κ3) is 2.63. The second-order valence-corrected chi connectivity index (χ2v) is 3.21. The molecule has 0 saturated heterocycles. The van der Waals surface area contributed by atoms with Crippen LogP contribution in [0, 0.1) is 0 Å². The molecule has 0 aliphatic rings. The molecular formula is C12H11N3O. The second-order valence-electron chi connectivity index (χ2n) is 3.21. The Kier molecular flexibility index (Phi) is 3.23. The third-order valence-corrected chi connectivity index (χ3v) is 2.06. The van der Waals surface area contributed by atoms with E-state index >= 15 is 0 Å². The molecule has 1 amide bonds. The number of carbonyl (C=O) groups excluding carboxylic acids is 1. The highest BCUT2D eigenvalue weighted by atomic mass is 16.1. The molecule has 1 aromatic carbocycles. The summed E-state index contributed by atoms with van der Waals surface area (Å²) in [5.74, 6) is 0.486. The van der Waals surface area contributed by atoms with Gasteiger partial charge in [0.15, 0.2) is 0 Å². The highest BCUT2D eigenvalue weighted by Gasteiger charge is 2.04. The third-order valence-electron chi connectivity index (χ3n) is 2.06. The Morgan fingerprint density at radius 3 is 2.44 bits per heavy atom. The van der Waals surface area contributed by atoms with Crippen molar-refractivity contribution in [1.29, 1.82) is 0 Å². The molecule has 0 fully saturated rings. The Morgan fingerprint density at radius 2 is 1.75 bits per heavy atom. The van der Waals surface area contributed by atoms with Gasteiger partial charge in [0.25, 0.3) is 5.91 Å². The van der Waals surface area contributed by atoms with Crippen LogP contribution in [-0.2, 0) is 6.54 Å². The van der Waals surface area contributed by atoms with Crippen LogP contribution < -0.4 is 5.32 Å². The fourth-order valence-electron chi connectivity index (χ4n) is 1.27. The number of nitrogens with one attached hydrogen (secondary N) is 1. The zero-order valence-corrected chi connectivity index (χ0v) is 8.63. The van der Waals surface area contributed by atoms with Crippen molar-refractivity contribution < 1.29 is 4.79 Å². The van der Waals surface area contributed by atoms with Gasteiger partial charge in [0.2, 0.25) is 0 Å². The van der Waals surface area contributed by atoms with Crippen LogP contribution in [0.1, 0.15) is 16.2 Å². The van der Waals surface area contributed by atoms with E-state index in [0.717, 1.165) is 0 Å². The second kappa shape index (κ2) is 5.02. The molecule has 0 aliphatic heterocycles. The lowest BCUT2D eigenvalue weighted by Gasteiger charge is -2.03. The molecule has 0 unspecified atom stereocenters. The predicted octanol–water partition coefficient (Wildman–Crippen LogP) is 1.41. The lowest BCUT2D eigenvalue weighted by atomic mass is 10.2. The van der Waals surface area contributed by atoms with E-state index in [1.807, 2.05) is 18.2 Å². The lowest BCUT2D eigenvalue weighted by Crippen LogP contribution is -2.23. The molecule has 2 rings (SSSR count). The van der Waals surface area contributed by atoms with Gasteiger partial charge in [-0.2, -0.15) is 0 Å². The molecule has 1 heterocycles. The zero-order chi connectivity index (χ0) is 11.2. The van der Waals surface area contributed by atoms with Gasteiger partial charge in [-0.3, -0.25) is 4.79 Å². The van der Waals surface area contributed by atoms with Crippen LogP contribution in [0.15, 0.2) is 48.8 Å². The summed E-state index contributed by atoms with van der Waals surface area (Å²) in [6.07, 6.45) is 3.30. The summed E-state index contributed by atoms with van der Waals surface area (Å²) in [6, 6.07) is 10.8. The fourth-order valence-corrected chi connectivity index (χ4v) is 1.27. The minimum atomic E-state index is -0.118. The van der Waals surface area contributed by atoms with Gasteiger partial charge in [0.05, 0.1) is 6.54 Å². The summed E-state index contributed by atoms with van der Waals surface area (Å²) in [7, 11) is 0. The molecule has 0 spiro atoms. The SMILES string of the molecule is O=C(NCc1ncccn1)c1ccccc1. The molecule has 1 N–H and O–H groups in total. The van der Waals surface area contributed by atoms with Crippen LogP contribution in [-0.4, -0.2) is 15.9 Å². The average molecular weight is 213 g/mol. The van der Waals surface area contributed by atoms with Gasteiger partial charge < -0.3 is 5.32 Å². The lowest BCUT2D eigenvalue weighted by molar-refractivity contribution is 0.0950. The maximum Gasteiger partial charge on any atom is 0.251 e. The highest BCUT2D eigenvalue weighted by molar-refractivity contribution is 5.93. The van der Waals surface area contributed by atoms with Crippen molar-refractivity contribution in [2.24, 2.45) is 0 Å². The van der Waals surface area contributed by atoms with Crippen LogP contribution >= 0.6 is 0 Å². The Labute approximate surface area is 93.4 Å². The first-order chi connectivity index (χ1) is 7.86. The first-order valence-electron chi connectivity index (χ1n) is 4.95. The summed E-state index contributed by atoms with van der Waals surface area (Å²) in [5.41, 5.74) is 0.637. The van der Waals surface area contributed by atoms with Gasteiger partial charge in [0, 0.05) is 18.0 Å². The topological polar surface area (TPSA) is 54.9 Å². The van der Waals surface area contributed by atoms with Crippen molar-refractivity contribution in [3.63, 3.8) is 0 Å². The van der Waals surface area contributed by atoms with E-state index in [-0.39, 0.29) is 5.91 Å². The summed E-state index contributed by atoms with van der Waals surface area (Å²) >= 11 is 0. The number of aromatic nitrogens is 2. The van der Waals surface area contributed by atoms with Crippen molar-refractivity contribution in [2.45, 2.75) is 6.54 Å². The van der Waals surface area contributed by atoms with Crippen LogP contribution in [0.5, 0.6) is 0 Å². The van der Waals surface area contributed by atoms with Gasteiger partial charge in [0.1, 0.15) is 5.82 Å². The van der Waals surface area contributed by atoms with E-state index in [1.165, 1.54) is 0 Å².